The summed E-state index contributed by atoms with van der Waals surface area (Å²) in [4.78, 5) is 1.17. The van der Waals surface area contributed by atoms with Gasteiger partial charge in [-0.3, -0.25) is 4.21 Å². The molecule has 1 aromatic carbocycles. The Morgan fingerprint density at radius 1 is 1.53 bits per heavy atom. The fraction of sp³-hybridized carbons (Fsp3) is 0.333. The fourth-order valence-corrected chi connectivity index (χ4v) is 3.03. The Labute approximate surface area is 95.3 Å². The predicted molar refractivity (Wildman–Crippen MR) is 61.5 cm³/mol. The highest BCUT2D eigenvalue weighted by atomic mass is 32.2. The van der Waals surface area contributed by atoms with Gasteiger partial charge in [-0.15, -0.1) is 11.8 Å². The molecule has 15 heavy (non-hydrogen) atoms. The monoisotopic (exact) mass is 243 g/mol. The summed E-state index contributed by atoms with van der Waals surface area (Å²) >= 11 is -0.528. The molecule has 2 unspecified atom stereocenters. The molecule has 1 aromatic rings. The van der Waals surface area contributed by atoms with Crippen LogP contribution in [-0.4, -0.2) is 27.1 Å². The van der Waals surface area contributed by atoms with E-state index in [9.17, 15) is 8.76 Å². The third-order valence-corrected chi connectivity index (χ3v) is 3.89. The van der Waals surface area contributed by atoms with Gasteiger partial charge in [0.05, 0.1) is 0 Å². The van der Waals surface area contributed by atoms with Crippen LogP contribution in [0.3, 0.4) is 0 Å². The molecule has 0 saturated carbocycles. The number of nitrogens with one attached hydrogen (secondary N) is 2. The van der Waals surface area contributed by atoms with Gasteiger partial charge in [0.1, 0.15) is 0 Å². The summed E-state index contributed by atoms with van der Waals surface area (Å²) in [5.41, 5.74) is 1.07. The molecule has 0 amide bonds. The van der Waals surface area contributed by atoms with Gasteiger partial charge in [-0.05, 0) is 12.1 Å². The number of para-hydroxylation sites is 1. The molecule has 2 N–H and O–H groups in total. The van der Waals surface area contributed by atoms with Gasteiger partial charge >= 0.3 is 0 Å². The summed E-state index contributed by atoms with van der Waals surface area (Å²) in [6, 6.07) is 7.92. The summed E-state index contributed by atoms with van der Waals surface area (Å²) < 4.78 is 23.5. The third kappa shape index (κ3) is 2.94. The maximum atomic E-state index is 10.5. The van der Waals surface area contributed by atoms with Crippen molar-refractivity contribution in [1.29, 1.82) is 0 Å². The maximum absolute atomic E-state index is 10.5. The first-order chi connectivity index (χ1) is 7.25. The molecule has 6 heteroatoms. The molecule has 82 valence electrons. The quantitative estimate of drug-likeness (QED) is 0.759. The Kier molecular flexibility index (Phi) is 3.63. The van der Waals surface area contributed by atoms with Crippen molar-refractivity contribution >= 4 is 28.7 Å². The second-order valence-corrected chi connectivity index (χ2v) is 5.00. The summed E-state index contributed by atoms with van der Waals surface area (Å²) in [7, 11) is 0. The molecule has 1 aliphatic rings. The largest absolute Gasteiger partial charge is 0.760 e. The maximum Gasteiger partial charge on any atom is 0.0478 e. The van der Waals surface area contributed by atoms with Gasteiger partial charge < -0.3 is 9.87 Å². The molecule has 0 fully saturated rings. The molecular weight excluding hydrogens is 232 g/mol. The lowest BCUT2D eigenvalue weighted by Crippen LogP contribution is -2.37. The average Bonchev–Trinajstić information content (AvgIpc) is 2.41. The lowest BCUT2D eigenvalue weighted by atomic mass is 10.3. The van der Waals surface area contributed by atoms with Crippen LogP contribution in [0.4, 0.5) is 5.69 Å². The molecule has 1 heterocycles. The van der Waals surface area contributed by atoms with E-state index in [4.69, 9.17) is 0 Å². The predicted octanol–water partition coefficient (Wildman–Crippen LogP) is 0.956. The van der Waals surface area contributed by atoms with E-state index in [0.29, 0.717) is 6.54 Å². The van der Waals surface area contributed by atoms with Gasteiger partial charge in [-0.2, -0.15) is 0 Å². The van der Waals surface area contributed by atoms with E-state index in [1.807, 2.05) is 24.3 Å². The van der Waals surface area contributed by atoms with Crippen LogP contribution >= 0.6 is 11.8 Å². The molecule has 4 nitrogen and oxygen atoms in total. The minimum atomic E-state index is -2.19. The van der Waals surface area contributed by atoms with E-state index >= 15 is 0 Å². The standard InChI is InChI=1S/C9H12N2O2S2/c12-15(13)11-7-5-10-8-3-1-2-4-9(8)14-6-7/h1-4,7,10-11H,5-6H2,(H,12,13)/p-1. The lowest BCUT2D eigenvalue weighted by Gasteiger charge is -2.17. The molecule has 0 aliphatic carbocycles. The molecule has 0 aromatic heterocycles. The van der Waals surface area contributed by atoms with Crippen molar-refractivity contribution in [2.45, 2.75) is 10.9 Å². The molecule has 0 saturated heterocycles. The minimum absolute atomic E-state index is 0.0549. The highest BCUT2D eigenvalue weighted by Gasteiger charge is 2.15. The van der Waals surface area contributed by atoms with E-state index in [-0.39, 0.29) is 6.04 Å². The first-order valence-corrected chi connectivity index (χ1v) is 6.63. The van der Waals surface area contributed by atoms with Crippen LogP contribution in [0.2, 0.25) is 0 Å². The topological polar surface area (TPSA) is 64.2 Å². The van der Waals surface area contributed by atoms with Gasteiger partial charge in [0.2, 0.25) is 0 Å². The first-order valence-electron chi connectivity index (χ1n) is 4.57. The number of thioether (sulfide) groups is 1. The van der Waals surface area contributed by atoms with Crippen LogP contribution < -0.4 is 10.0 Å². The zero-order chi connectivity index (χ0) is 10.7. The molecule has 0 spiro atoms. The van der Waals surface area contributed by atoms with Crippen molar-refractivity contribution < 1.29 is 8.76 Å². The molecule has 0 bridgehead atoms. The third-order valence-electron chi connectivity index (χ3n) is 2.13. The number of fused-ring (bicyclic) bond motifs is 1. The van der Waals surface area contributed by atoms with Crippen molar-refractivity contribution in [2.75, 3.05) is 17.6 Å². The number of hydrogen-bond acceptors (Lipinski definition) is 4. The van der Waals surface area contributed by atoms with Crippen molar-refractivity contribution in [2.24, 2.45) is 0 Å². The van der Waals surface area contributed by atoms with E-state index in [1.165, 1.54) is 4.90 Å². The number of rotatable bonds is 2. The van der Waals surface area contributed by atoms with E-state index in [0.717, 1.165) is 11.4 Å². The van der Waals surface area contributed by atoms with E-state index in [2.05, 4.69) is 10.0 Å². The Morgan fingerprint density at radius 3 is 3.13 bits per heavy atom. The zero-order valence-electron chi connectivity index (χ0n) is 7.93. The minimum Gasteiger partial charge on any atom is -0.760 e. The Hall–Kier alpha value is -0.560. The SMILES string of the molecule is O=S([O-])NC1CNc2ccccc2SC1. The highest BCUT2D eigenvalue weighted by Crippen LogP contribution is 2.29. The highest BCUT2D eigenvalue weighted by molar-refractivity contribution is 7.99. The number of benzene rings is 1. The molecule has 2 atom stereocenters. The Balaban J connectivity index is 2.05. The Morgan fingerprint density at radius 2 is 2.33 bits per heavy atom. The van der Waals surface area contributed by atoms with Gasteiger partial charge in [-0.25, -0.2) is 4.72 Å². The van der Waals surface area contributed by atoms with Crippen molar-refractivity contribution in [1.82, 2.24) is 4.72 Å². The fourth-order valence-electron chi connectivity index (χ4n) is 1.43. The van der Waals surface area contributed by atoms with Crippen molar-refractivity contribution in [3.63, 3.8) is 0 Å². The van der Waals surface area contributed by atoms with Crippen LogP contribution in [0.15, 0.2) is 29.2 Å². The molecule has 1 aliphatic heterocycles. The normalized spacial score (nSPS) is 22.3. The summed E-state index contributed by atoms with van der Waals surface area (Å²) in [6.07, 6.45) is 0. The summed E-state index contributed by atoms with van der Waals surface area (Å²) in [6.45, 7) is 0.623. The summed E-state index contributed by atoms with van der Waals surface area (Å²) in [5, 5.41) is 3.22. The molecule has 2 rings (SSSR count). The van der Waals surface area contributed by atoms with Crippen LogP contribution in [-0.2, 0) is 11.3 Å². The molecule has 0 radical (unpaired) electrons. The van der Waals surface area contributed by atoms with Crippen LogP contribution in [0.25, 0.3) is 0 Å². The van der Waals surface area contributed by atoms with Gasteiger partial charge in [0.25, 0.3) is 0 Å². The Bertz CT molecular complexity index is 346. The van der Waals surface area contributed by atoms with E-state index < -0.39 is 11.3 Å². The lowest BCUT2D eigenvalue weighted by molar-refractivity contribution is 0.512. The second-order valence-electron chi connectivity index (χ2n) is 3.24. The van der Waals surface area contributed by atoms with Crippen LogP contribution in [0, 0.1) is 0 Å². The summed E-state index contributed by atoms with van der Waals surface area (Å²) in [5.74, 6) is 0.748. The van der Waals surface area contributed by atoms with Crippen LogP contribution in [0.5, 0.6) is 0 Å². The second kappa shape index (κ2) is 4.98. The van der Waals surface area contributed by atoms with Crippen LogP contribution in [0.1, 0.15) is 0 Å². The zero-order valence-corrected chi connectivity index (χ0v) is 9.57. The van der Waals surface area contributed by atoms with E-state index in [1.54, 1.807) is 11.8 Å². The molecular formula is C9H11N2O2S2-. The van der Waals surface area contributed by atoms with Crippen molar-refractivity contribution in [3.05, 3.63) is 24.3 Å². The number of hydrogen-bond donors (Lipinski definition) is 2. The first kappa shape index (κ1) is 10.9. The average molecular weight is 243 g/mol. The smallest absolute Gasteiger partial charge is 0.0478 e. The van der Waals surface area contributed by atoms with Gasteiger partial charge in [-0.1, -0.05) is 12.1 Å². The van der Waals surface area contributed by atoms with Crippen molar-refractivity contribution in [3.8, 4) is 0 Å². The van der Waals surface area contributed by atoms with Gasteiger partial charge in [0.15, 0.2) is 0 Å². The van der Waals surface area contributed by atoms with Gasteiger partial charge in [0, 0.05) is 40.2 Å². The number of anilines is 1.